The Kier molecular flexibility index (Phi) is 3.93. The van der Waals surface area contributed by atoms with Gasteiger partial charge in [-0.1, -0.05) is 25.9 Å². The van der Waals surface area contributed by atoms with Crippen molar-refractivity contribution in [1.82, 2.24) is 0 Å². The summed E-state index contributed by atoms with van der Waals surface area (Å²) in [4.78, 5) is 16.0. The van der Waals surface area contributed by atoms with E-state index in [1.807, 2.05) is 20.8 Å². The fraction of sp³-hybridized carbons (Fsp3) is 0.778. The Labute approximate surface area is 73.8 Å². The van der Waals surface area contributed by atoms with Gasteiger partial charge in [-0.2, -0.15) is 0 Å². The summed E-state index contributed by atoms with van der Waals surface area (Å²) in [5, 5.41) is 3.67. The Morgan fingerprint density at radius 2 is 1.92 bits per heavy atom. The van der Waals surface area contributed by atoms with Crippen LogP contribution in [0.15, 0.2) is 5.16 Å². The molecular formula is C9H17NO2. The largest absolute Gasteiger partial charge is 0.399 e. The summed E-state index contributed by atoms with van der Waals surface area (Å²) in [7, 11) is 1.48. The smallest absolute Gasteiger partial charge is 0.143 e. The minimum atomic E-state index is -0.287. The fourth-order valence-electron chi connectivity index (χ4n) is 0.686. The zero-order valence-corrected chi connectivity index (χ0v) is 8.47. The molecule has 0 atom stereocenters. The van der Waals surface area contributed by atoms with Crippen molar-refractivity contribution in [3.05, 3.63) is 0 Å². The molecule has 0 amide bonds. The normalized spacial score (nSPS) is 12.9. The van der Waals surface area contributed by atoms with Crippen LogP contribution in [-0.2, 0) is 9.63 Å². The summed E-state index contributed by atoms with van der Waals surface area (Å²) in [5.41, 5.74) is 0.433. The van der Waals surface area contributed by atoms with Crippen LogP contribution in [0.4, 0.5) is 0 Å². The molecule has 0 saturated carbocycles. The summed E-state index contributed by atoms with van der Waals surface area (Å²) in [6, 6.07) is 0. The Bertz CT molecular complexity index is 189. The van der Waals surface area contributed by atoms with Crippen LogP contribution in [0.5, 0.6) is 0 Å². The number of oxime groups is 1. The van der Waals surface area contributed by atoms with Crippen molar-refractivity contribution in [3.63, 3.8) is 0 Å². The molecule has 0 heterocycles. The Balaban J connectivity index is 4.11. The maximum atomic E-state index is 11.4. The van der Waals surface area contributed by atoms with E-state index in [9.17, 15) is 4.79 Å². The number of Topliss-reactive ketones (excluding diaryl/α,β-unsaturated/α-hetero) is 1. The van der Waals surface area contributed by atoms with Crippen molar-refractivity contribution in [2.75, 3.05) is 7.11 Å². The molecular weight excluding hydrogens is 154 g/mol. The summed E-state index contributed by atoms with van der Waals surface area (Å²) in [6.45, 7) is 7.48. The molecule has 0 N–H and O–H groups in total. The molecule has 0 aliphatic rings. The van der Waals surface area contributed by atoms with Crippen LogP contribution in [0.1, 0.15) is 34.1 Å². The van der Waals surface area contributed by atoms with E-state index in [4.69, 9.17) is 0 Å². The highest BCUT2D eigenvalue weighted by Crippen LogP contribution is 2.16. The van der Waals surface area contributed by atoms with Gasteiger partial charge in [-0.3, -0.25) is 4.79 Å². The number of ketones is 1. The first-order valence-corrected chi connectivity index (χ1v) is 3.98. The molecule has 0 aromatic heterocycles. The molecule has 0 aliphatic carbocycles. The second kappa shape index (κ2) is 4.24. The average molecular weight is 171 g/mol. The highest BCUT2D eigenvalue weighted by molar-refractivity contribution is 6.02. The molecule has 0 spiro atoms. The predicted molar refractivity (Wildman–Crippen MR) is 49.2 cm³/mol. The van der Waals surface area contributed by atoms with Gasteiger partial charge in [0.15, 0.2) is 0 Å². The number of rotatable bonds is 3. The maximum absolute atomic E-state index is 11.4. The van der Waals surface area contributed by atoms with Gasteiger partial charge in [0, 0.05) is 11.8 Å². The van der Waals surface area contributed by atoms with Crippen molar-refractivity contribution in [3.8, 4) is 0 Å². The lowest BCUT2D eigenvalue weighted by molar-refractivity contribution is -0.125. The summed E-state index contributed by atoms with van der Waals surface area (Å²) >= 11 is 0. The topological polar surface area (TPSA) is 38.7 Å². The number of hydrogen-bond acceptors (Lipinski definition) is 3. The first-order valence-electron chi connectivity index (χ1n) is 3.98. The number of nitrogens with zero attached hydrogens (tertiary/aromatic N) is 1. The van der Waals surface area contributed by atoms with Crippen LogP contribution in [0.2, 0.25) is 0 Å². The van der Waals surface area contributed by atoms with Gasteiger partial charge in [0.05, 0.1) is 5.71 Å². The third-order valence-corrected chi connectivity index (χ3v) is 1.50. The SMILES string of the molecule is CON=C(C)CC(=O)C(C)(C)C. The quantitative estimate of drug-likeness (QED) is 0.481. The molecule has 0 radical (unpaired) electrons. The third-order valence-electron chi connectivity index (χ3n) is 1.50. The van der Waals surface area contributed by atoms with Crippen LogP contribution in [0.3, 0.4) is 0 Å². The highest BCUT2D eigenvalue weighted by atomic mass is 16.6. The number of carbonyl (C=O) groups excluding carboxylic acids is 1. The first-order chi connectivity index (χ1) is 5.38. The minimum Gasteiger partial charge on any atom is -0.399 e. The van der Waals surface area contributed by atoms with Crippen molar-refractivity contribution in [1.29, 1.82) is 0 Å². The predicted octanol–water partition coefficient (Wildman–Crippen LogP) is 2.01. The molecule has 0 saturated heterocycles. The van der Waals surface area contributed by atoms with Crippen LogP contribution >= 0.6 is 0 Å². The van der Waals surface area contributed by atoms with Crippen molar-refractivity contribution < 1.29 is 9.63 Å². The van der Waals surface area contributed by atoms with Gasteiger partial charge in [-0.05, 0) is 6.92 Å². The third kappa shape index (κ3) is 4.11. The van der Waals surface area contributed by atoms with Crippen molar-refractivity contribution in [2.24, 2.45) is 10.6 Å². The van der Waals surface area contributed by atoms with Gasteiger partial charge in [0.1, 0.15) is 12.9 Å². The summed E-state index contributed by atoms with van der Waals surface area (Å²) in [5.74, 6) is 0.181. The highest BCUT2D eigenvalue weighted by Gasteiger charge is 2.21. The molecule has 12 heavy (non-hydrogen) atoms. The molecule has 3 nitrogen and oxygen atoms in total. The molecule has 0 aromatic rings. The van der Waals surface area contributed by atoms with Gasteiger partial charge in [-0.15, -0.1) is 0 Å². The Morgan fingerprint density at radius 3 is 2.25 bits per heavy atom. The lowest BCUT2D eigenvalue weighted by atomic mass is 9.88. The van der Waals surface area contributed by atoms with Crippen LogP contribution in [0, 0.1) is 5.41 Å². The number of carbonyl (C=O) groups is 1. The van der Waals surface area contributed by atoms with Crippen LogP contribution in [-0.4, -0.2) is 18.6 Å². The molecule has 3 heteroatoms. The molecule has 0 aromatic carbocycles. The lowest BCUT2D eigenvalue weighted by Crippen LogP contribution is -2.22. The van der Waals surface area contributed by atoms with E-state index >= 15 is 0 Å². The second-order valence-corrected chi connectivity index (χ2v) is 3.86. The fourth-order valence-corrected chi connectivity index (χ4v) is 0.686. The first kappa shape index (κ1) is 11.1. The van der Waals surface area contributed by atoms with Crippen molar-refractivity contribution >= 4 is 11.5 Å². The second-order valence-electron chi connectivity index (χ2n) is 3.86. The lowest BCUT2D eigenvalue weighted by Gasteiger charge is -2.15. The number of hydrogen-bond donors (Lipinski definition) is 0. The summed E-state index contributed by atoms with van der Waals surface area (Å²) in [6.07, 6.45) is 0.372. The van der Waals surface area contributed by atoms with Crippen LogP contribution < -0.4 is 0 Å². The standard InChI is InChI=1S/C9H17NO2/c1-7(10-12-5)6-8(11)9(2,3)4/h6H2,1-5H3. The van der Waals surface area contributed by atoms with Gasteiger partial charge >= 0.3 is 0 Å². The summed E-state index contributed by atoms with van der Waals surface area (Å²) < 4.78 is 0. The Hall–Kier alpha value is -0.860. The van der Waals surface area contributed by atoms with Gasteiger partial charge < -0.3 is 4.84 Å². The molecule has 0 bridgehead atoms. The van der Waals surface area contributed by atoms with E-state index in [2.05, 4.69) is 9.99 Å². The van der Waals surface area contributed by atoms with E-state index in [1.165, 1.54) is 7.11 Å². The minimum absolute atomic E-state index is 0.181. The van der Waals surface area contributed by atoms with Gasteiger partial charge in [0.25, 0.3) is 0 Å². The van der Waals surface area contributed by atoms with E-state index in [-0.39, 0.29) is 11.2 Å². The average Bonchev–Trinajstić information content (AvgIpc) is 1.85. The molecule has 0 fully saturated rings. The van der Waals surface area contributed by atoms with Gasteiger partial charge in [0.2, 0.25) is 0 Å². The zero-order valence-electron chi connectivity index (χ0n) is 8.47. The maximum Gasteiger partial charge on any atom is 0.143 e. The van der Waals surface area contributed by atoms with Crippen LogP contribution in [0.25, 0.3) is 0 Å². The Morgan fingerprint density at radius 1 is 1.42 bits per heavy atom. The molecule has 0 unspecified atom stereocenters. The van der Waals surface area contributed by atoms with E-state index in [0.29, 0.717) is 6.42 Å². The zero-order chi connectivity index (χ0) is 9.78. The molecule has 0 aliphatic heterocycles. The van der Waals surface area contributed by atoms with Gasteiger partial charge in [-0.25, -0.2) is 0 Å². The van der Waals surface area contributed by atoms with E-state index in [1.54, 1.807) is 6.92 Å². The molecule has 70 valence electrons. The monoisotopic (exact) mass is 171 g/mol. The van der Waals surface area contributed by atoms with E-state index < -0.39 is 0 Å². The van der Waals surface area contributed by atoms with Crippen molar-refractivity contribution in [2.45, 2.75) is 34.1 Å². The molecule has 0 rings (SSSR count). The van der Waals surface area contributed by atoms with E-state index in [0.717, 1.165) is 5.71 Å².